The monoisotopic (exact) mass is 270 g/mol. The van der Waals surface area contributed by atoms with Gasteiger partial charge in [0.2, 0.25) is 0 Å². The topological polar surface area (TPSA) is 39.7 Å². The van der Waals surface area contributed by atoms with Crippen molar-refractivity contribution >= 4 is 5.96 Å². The number of nitrogens with one attached hydrogen (secondary N) is 2. The van der Waals surface area contributed by atoms with Crippen molar-refractivity contribution in [1.29, 1.82) is 0 Å². The quantitative estimate of drug-likeness (QED) is 0.344. The molecule has 0 unspecified atom stereocenters. The molecule has 0 spiro atoms. The van der Waals surface area contributed by atoms with E-state index in [9.17, 15) is 0 Å². The minimum Gasteiger partial charge on any atom is -0.356 e. The molecule has 2 N–H and O–H groups in total. The molecule has 0 amide bonds. The van der Waals surface area contributed by atoms with Crippen molar-refractivity contribution in [3.05, 3.63) is 0 Å². The Labute approximate surface area is 120 Å². The normalized spacial score (nSPS) is 11.9. The molecule has 0 rings (SSSR count). The van der Waals surface area contributed by atoms with Crippen LogP contribution in [0, 0.1) is 0 Å². The third-order valence-electron chi connectivity index (χ3n) is 3.38. The molecule has 0 aromatic carbocycles. The highest BCUT2D eigenvalue weighted by Crippen LogP contribution is 1.94. The van der Waals surface area contributed by atoms with Gasteiger partial charge in [0.15, 0.2) is 5.96 Å². The van der Waals surface area contributed by atoms with Gasteiger partial charge in [0.1, 0.15) is 0 Å². The highest BCUT2D eigenvalue weighted by molar-refractivity contribution is 5.79. The van der Waals surface area contributed by atoms with Gasteiger partial charge in [-0.2, -0.15) is 0 Å². The van der Waals surface area contributed by atoms with E-state index in [4.69, 9.17) is 0 Å². The summed E-state index contributed by atoms with van der Waals surface area (Å²) < 4.78 is 0. The standard InChI is InChI=1S/C15H34N4/c1-5-8-9-12-17-15(16-4)18-13-10-11-14-19(6-2)7-3/h5-14H2,1-4H3,(H2,16,17,18). The predicted molar refractivity (Wildman–Crippen MR) is 85.9 cm³/mol. The van der Waals surface area contributed by atoms with Gasteiger partial charge in [0, 0.05) is 20.1 Å². The molecule has 0 saturated carbocycles. The van der Waals surface area contributed by atoms with Gasteiger partial charge in [0.25, 0.3) is 0 Å². The highest BCUT2D eigenvalue weighted by atomic mass is 15.2. The molecule has 0 aromatic heterocycles. The van der Waals surface area contributed by atoms with Crippen molar-refractivity contribution in [1.82, 2.24) is 15.5 Å². The molecule has 0 aliphatic carbocycles. The van der Waals surface area contributed by atoms with Crippen molar-refractivity contribution in [2.24, 2.45) is 4.99 Å². The van der Waals surface area contributed by atoms with Gasteiger partial charge in [-0.05, 0) is 38.9 Å². The third-order valence-corrected chi connectivity index (χ3v) is 3.38. The van der Waals surface area contributed by atoms with Gasteiger partial charge in [0.05, 0.1) is 0 Å². The third kappa shape index (κ3) is 10.8. The van der Waals surface area contributed by atoms with E-state index >= 15 is 0 Å². The molecule has 114 valence electrons. The minimum atomic E-state index is 0.943. The summed E-state index contributed by atoms with van der Waals surface area (Å²) in [5, 5.41) is 6.73. The van der Waals surface area contributed by atoms with Crippen LogP contribution in [0.15, 0.2) is 4.99 Å². The van der Waals surface area contributed by atoms with Crippen molar-refractivity contribution in [2.45, 2.75) is 52.9 Å². The number of hydrogen-bond donors (Lipinski definition) is 2. The number of unbranched alkanes of at least 4 members (excludes halogenated alkanes) is 3. The first-order chi connectivity index (χ1) is 9.28. The lowest BCUT2D eigenvalue weighted by molar-refractivity contribution is 0.297. The van der Waals surface area contributed by atoms with Crippen LogP contribution in [0.4, 0.5) is 0 Å². The summed E-state index contributed by atoms with van der Waals surface area (Å²) in [6.07, 6.45) is 6.22. The van der Waals surface area contributed by atoms with Gasteiger partial charge in [-0.3, -0.25) is 4.99 Å². The molecule has 0 aliphatic rings. The lowest BCUT2D eigenvalue weighted by Crippen LogP contribution is -2.38. The number of rotatable bonds is 11. The van der Waals surface area contributed by atoms with Gasteiger partial charge < -0.3 is 15.5 Å². The van der Waals surface area contributed by atoms with Gasteiger partial charge in [-0.1, -0.05) is 33.6 Å². The van der Waals surface area contributed by atoms with Crippen molar-refractivity contribution < 1.29 is 0 Å². The van der Waals surface area contributed by atoms with E-state index in [1.165, 1.54) is 38.6 Å². The molecule has 4 heteroatoms. The lowest BCUT2D eigenvalue weighted by Gasteiger charge is -2.18. The molecular weight excluding hydrogens is 236 g/mol. The van der Waals surface area contributed by atoms with Crippen LogP contribution in [-0.4, -0.2) is 50.6 Å². The van der Waals surface area contributed by atoms with Gasteiger partial charge in [-0.25, -0.2) is 0 Å². The SMILES string of the molecule is CCCCCNC(=NC)NCCCCN(CC)CC. The fraction of sp³-hybridized carbons (Fsp3) is 0.933. The maximum atomic E-state index is 4.23. The van der Waals surface area contributed by atoms with E-state index in [0.717, 1.165) is 32.1 Å². The van der Waals surface area contributed by atoms with Crippen LogP contribution in [0.1, 0.15) is 52.9 Å². The summed E-state index contributed by atoms with van der Waals surface area (Å²) >= 11 is 0. The average molecular weight is 270 g/mol. The largest absolute Gasteiger partial charge is 0.356 e. The maximum Gasteiger partial charge on any atom is 0.190 e. The number of nitrogens with zero attached hydrogens (tertiary/aromatic N) is 2. The highest BCUT2D eigenvalue weighted by Gasteiger charge is 1.99. The fourth-order valence-electron chi connectivity index (χ4n) is 2.01. The molecule has 0 saturated heterocycles. The smallest absolute Gasteiger partial charge is 0.190 e. The summed E-state index contributed by atoms with van der Waals surface area (Å²) in [6, 6.07) is 0. The van der Waals surface area contributed by atoms with E-state index < -0.39 is 0 Å². The van der Waals surface area contributed by atoms with E-state index in [0.29, 0.717) is 0 Å². The first kappa shape index (κ1) is 18.2. The van der Waals surface area contributed by atoms with Crippen LogP contribution in [0.5, 0.6) is 0 Å². The van der Waals surface area contributed by atoms with Gasteiger partial charge >= 0.3 is 0 Å². The van der Waals surface area contributed by atoms with Crippen LogP contribution >= 0.6 is 0 Å². The summed E-state index contributed by atoms with van der Waals surface area (Å²) in [4.78, 5) is 6.70. The Morgan fingerprint density at radius 1 is 0.895 bits per heavy atom. The fourth-order valence-corrected chi connectivity index (χ4v) is 2.01. The van der Waals surface area contributed by atoms with Crippen LogP contribution in [-0.2, 0) is 0 Å². The number of aliphatic imine (C=N–C) groups is 1. The minimum absolute atomic E-state index is 0.943. The van der Waals surface area contributed by atoms with E-state index in [-0.39, 0.29) is 0 Å². The molecule has 0 heterocycles. The molecule has 0 radical (unpaired) electrons. The van der Waals surface area contributed by atoms with Crippen molar-refractivity contribution in [2.75, 3.05) is 39.8 Å². The summed E-state index contributed by atoms with van der Waals surface area (Å²) in [6.45, 7) is 12.2. The van der Waals surface area contributed by atoms with Crippen molar-refractivity contribution in [3.63, 3.8) is 0 Å². The maximum absolute atomic E-state index is 4.23. The molecule has 0 atom stereocenters. The van der Waals surface area contributed by atoms with E-state index in [1.54, 1.807) is 0 Å². The number of guanidine groups is 1. The molecule has 0 aromatic rings. The zero-order chi connectivity index (χ0) is 14.3. The zero-order valence-electron chi connectivity index (χ0n) is 13.5. The Morgan fingerprint density at radius 2 is 1.47 bits per heavy atom. The van der Waals surface area contributed by atoms with Crippen LogP contribution in [0.25, 0.3) is 0 Å². The zero-order valence-corrected chi connectivity index (χ0v) is 13.5. The molecule has 4 nitrogen and oxygen atoms in total. The van der Waals surface area contributed by atoms with Gasteiger partial charge in [-0.15, -0.1) is 0 Å². The first-order valence-electron chi connectivity index (χ1n) is 7.95. The Balaban J connectivity index is 3.51. The second-order valence-corrected chi connectivity index (χ2v) is 4.87. The first-order valence-corrected chi connectivity index (χ1v) is 7.95. The van der Waals surface area contributed by atoms with E-state index in [1.807, 2.05) is 7.05 Å². The predicted octanol–water partition coefficient (Wildman–Crippen LogP) is 2.46. The Kier molecular flexibility index (Phi) is 13.1. The summed E-state index contributed by atoms with van der Waals surface area (Å²) in [5.74, 6) is 0.943. The summed E-state index contributed by atoms with van der Waals surface area (Å²) in [5.41, 5.74) is 0. The average Bonchev–Trinajstić information content (AvgIpc) is 2.45. The lowest BCUT2D eigenvalue weighted by atomic mass is 10.2. The number of hydrogen-bond acceptors (Lipinski definition) is 2. The van der Waals surface area contributed by atoms with E-state index in [2.05, 4.69) is 41.3 Å². The van der Waals surface area contributed by atoms with Crippen LogP contribution in [0.2, 0.25) is 0 Å². The molecule has 0 aliphatic heterocycles. The Hall–Kier alpha value is -0.770. The second-order valence-electron chi connectivity index (χ2n) is 4.87. The van der Waals surface area contributed by atoms with Crippen LogP contribution < -0.4 is 10.6 Å². The molecule has 0 fully saturated rings. The van der Waals surface area contributed by atoms with Crippen molar-refractivity contribution in [3.8, 4) is 0 Å². The Bertz CT molecular complexity index is 212. The van der Waals surface area contributed by atoms with Crippen LogP contribution in [0.3, 0.4) is 0 Å². The molecule has 19 heavy (non-hydrogen) atoms. The summed E-state index contributed by atoms with van der Waals surface area (Å²) in [7, 11) is 1.84. The molecule has 0 bridgehead atoms. The second kappa shape index (κ2) is 13.7. The Morgan fingerprint density at radius 3 is 1.95 bits per heavy atom. The molecular formula is C15H34N4.